The fraction of sp³-hybridized carbons (Fsp3) is 0.286. The molecule has 1 aliphatic rings. The van der Waals surface area contributed by atoms with E-state index in [1.165, 1.54) is 0 Å². The van der Waals surface area contributed by atoms with Gasteiger partial charge in [0.15, 0.2) is 11.6 Å². The summed E-state index contributed by atoms with van der Waals surface area (Å²) in [6.45, 7) is 5.57. The summed E-state index contributed by atoms with van der Waals surface area (Å²) in [6.07, 6.45) is 7.30. The Balaban J connectivity index is 1.36. The van der Waals surface area contributed by atoms with Gasteiger partial charge in [-0.1, -0.05) is 19.1 Å². The maximum absolute atomic E-state index is 13.1. The van der Waals surface area contributed by atoms with Gasteiger partial charge in [0.05, 0.1) is 11.9 Å². The van der Waals surface area contributed by atoms with Gasteiger partial charge in [0.25, 0.3) is 0 Å². The molecule has 1 aromatic carbocycles. The van der Waals surface area contributed by atoms with Gasteiger partial charge in [-0.15, -0.1) is 0 Å². The zero-order chi connectivity index (χ0) is 25.1. The third-order valence-corrected chi connectivity index (χ3v) is 6.56. The average molecular weight is 481 g/mol. The standard InChI is InChI=1S/C28H28N6O2/c1-3-25(35)23-12-22(16-29-17-23)19-4-5-21-18-31-27(32-24(21)13-19)15-26(36)20-6-7-30-28(14-20)34-10-8-33(2)9-11-34/h4-7,12-14,16-18H,3,8-11,15H2,1-2H3. The van der Waals surface area contributed by atoms with Gasteiger partial charge in [0.1, 0.15) is 11.6 Å². The predicted octanol–water partition coefficient (Wildman–Crippen LogP) is 3.86. The fourth-order valence-electron chi connectivity index (χ4n) is 4.33. The lowest BCUT2D eigenvalue weighted by Gasteiger charge is -2.33. The molecule has 4 heterocycles. The first kappa shape index (κ1) is 23.7. The van der Waals surface area contributed by atoms with E-state index in [0.717, 1.165) is 54.0 Å². The predicted molar refractivity (Wildman–Crippen MR) is 139 cm³/mol. The van der Waals surface area contributed by atoms with E-state index >= 15 is 0 Å². The van der Waals surface area contributed by atoms with Gasteiger partial charge in [-0.05, 0) is 36.9 Å². The van der Waals surface area contributed by atoms with Crippen LogP contribution in [0.15, 0.2) is 61.2 Å². The van der Waals surface area contributed by atoms with E-state index in [4.69, 9.17) is 0 Å². The summed E-state index contributed by atoms with van der Waals surface area (Å²) in [5.74, 6) is 1.31. The first-order valence-corrected chi connectivity index (χ1v) is 12.2. The molecule has 0 amide bonds. The van der Waals surface area contributed by atoms with Crippen molar-refractivity contribution in [1.82, 2.24) is 24.8 Å². The number of hydrogen-bond donors (Lipinski definition) is 0. The van der Waals surface area contributed by atoms with Gasteiger partial charge in [0.2, 0.25) is 0 Å². The van der Waals surface area contributed by atoms with Crippen molar-refractivity contribution >= 4 is 28.3 Å². The summed E-state index contributed by atoms with van der Waals surface area (Å²) >= 11 is 0. The molecule has 0 radical (unpaired) electrons. The lowest BCUT2D eigenvalue weighted by molar-refractivity contribution is 0.0981. The highest BCUT2D eigenvalue weighted by Gasteiger charge is 2.17. The molecule has 0 bridgehead atoms. The van der Waals surface area contributed by atoms with Crippen molar-refractivity contribution in [3.05, 3.63) is 78.1 Å². The third kappa shape index (κ3) is 5.13. The molecule has 4 aromatic rings. The van der Waals surface area contributed by atoms with Crippen LogP contribution in [0.5, 0.6) is 0 Å². The monoisotopic (exact) mass is 480 g/mol. The van der Waals surface area contributed by atoms with Crippen LogP contribution in [0.25, 0.3) is 22.0 Å². The molecule has 36 heavy (non-hydrogen) atoms. The van der Waals surface area contributed by atoms with Gasteiger partial charge in [-0.25, -0.2) is 15.0 Å². The van der Waals surface area contributed by atoms with E-state index in [1.54, 1.807) is 30.9 Å². The van der Waals surface area contributed by atoms with Gasteiger partial charge >= 0.3 is 0 Å². The van der Waals surface area contributed by atoms with Crippen LogP contribution in [0.2, 0.25) is 0 Å². The first-order chi connectivity index (χ1) is 17.5. The quantitative estimate of drug-likeness (QED) is 0.368. The number of carbonyl (C=O) groups excluding carboxylic acids is 2. The van der Waals surface area contributed by atoms with Crippen molar-refractivity contribution < 1.29 is 9.59 Å². The minimum Gasteiger partial charge on any atom is -0.354 e. The summed E-state index contributed by atoms with van der Waals surface area (Å²) in [5, 5.41) is 0.880. The second-order valence-corrected chi connectivity index (χ2v) is 9.09. The van der Waals surface area contributed by atoms with Crippen molar-refractivity contribution in [2.45, 2.75) is 19.8 Å². The van der Waals surface area contributed by atoms with E-state index < -0.39 is 0 Å². The highest BCUT2D eigenvalue weighted by atomic mass is 16.1. The molecule has 0 saturated carbocycles. The number of piperazine rings is 1. The molecule has 0 atom stereocenters. The largest absolute Gasteiger partial charge is 0.354 e. The minimum atomic E-state index is -0.0433. The van der Waals surface area contributed by atoms with Crippen LogP contribution >= 0.6 is 0 Å². The Morgan fingerprint density at radius 3 is 2.50 bits per heavy atom. The smallest absolute Gasteiger partial charge is 0.170 e. The topological polar surface area (TPSA) is 92.2 Å². The Bertz CT molecular complexity index is 1430. The molecule has 8 nitrogen and oxygen atoms in total. The number of fused-ring (bicyclic) bond motifs is 1. The normalized spacial score (nSPS) is 14.2. The van der Waals surface area contributed by atoms with E-state index in [-0.39, 0.29) is 18.0 Å². The number of pyridine rings is 2. The summed E-state index contributed by atoms with van der Waals surface area (Å²) in [5.41, 5.74) is 3.70. The lowest BCUT2D eigenvalue weighted by Crippen LogP contribution is -2.44. The highest BCUT2D eigenvalue weighted by Crippen LogP contribution is 2.24. The molecule has 1 aliphatic heterocycles. The number of hydrogen-bond acceptors (Lipinski definition) is 8. The van der Waals surface area contributed by atoms with Crippen molar-refractivity contribution in [3.8, 4) is 11.1 Å². The van der Waals surface area contributed by atoms with Gasteiger partial charge in [0, 0.05) is 79.5 Å². The zero-order valence-electron chi connectivity index (χ0n) is 20.5. The van der Waals surface area contributed by atoms with Crippen LogP contribution < -0.4 is 4.90 Å². The summed E-state index contributed by atoms with van der Waals surface area (Å²) in [4.78, 5) is 47.5. The summed E-state index contributed by atoms with van der Waals surface area (Å²) in [6, 6.07) is 11.3. The molecule has 3 aromatic heterocycles. The molecule has 5 rings (SSSR count). The van der Waals surface area contributed by atoms with Gasteiger partial charge in [-0.2, -0.15) is 0 Å². The van der Waals surface area contributed by atoms with Gasteiger partial charge in [-0.3, -0.25) is 14.6 Å². The van der Waals surface area contributed by atoms with Crippen molar-refractivity contribution in [3.63, 3.8) is 0 Å². The molecule has 182 valence electrons. The lowest BCUT2D eigenvalue weighted by atomic mass is 10.0. The number of aromatic nitrogens is 4. The van der Waals surface area contributed by atoms with E-state index in [0.29, 0.717) is 23.4 Å². The number of benzene rings is 1. The molecule has 8 heteroatoms. The molecule has 0 unspecified atom stereocenters. The first-order valence-electron chi connectivity index (χ1n) is 12.2. The van der Waals surface area contributed by atoms with Crippen LogP contribution in [-0.4, -0.2) is 69.6 Å². The SMILES string of the molecule is CCC(=O)c1cncc(-c2ccc3cnc(CC(=O)c4ccnc(N5CCN(C)CC5)c4)nc3c2)c1. The van der Waals surface area contributed by atoms with Crippen LogP contribution in [0.1, 0.15) is 39.9 Å². The fourth-order valence-corrected chi connectivity index (χ4v) is 4.33. The van der Waals surface area contributed by atoms with Crippen molar-refractivity contribution in [2.24, 2.45) is 0 Å². The Labute approximate surface area is 210 Å². The molecular weight excluding hydrogens is 452 g/mol. The van der Waals surface area contributed by atoms with Gasteiger partial charge < -0.3 is 9.80 Å². The number of carbonyl (C=O) groups is 2. The van der Waals surface area contributed by atoms with Crippen molar-refractivity contribution in [2.75, 3.05) is 38.1 Å². The maximum atomic E-state index is 13.1. The third-order valence-electron chi connectivity index (χ3n) is 6.56. The molecule has 0 spiro atoms. The Morgan fingerprint density at radius 2 is 1.69 bits per heavy atom. The van der Waals surface area contributed by atoms with E-state index in [9.17, 15) is 9.59 Å². The molecule has 1 fully saturated rings. The second-order valence-electron chi connectivity index (χ2n) is 9.09. The van der Waals surface area contributed by atoms with E-state index in [2.05, 4.69) is 36.8 Å². The second kappa shape index (κ2) is 10.3. The molecule has 0 aliphatic carbocycles. The Morgan fingerprint density at radius 1 is 0.861 bits per heavy atom. The number of likely N-dealkylation sites (N-methyl/N-ethyl adjacent to an activating group) is 1. The number of ketones is 2. The highest BCUT2D eigenvalue weighted by molar-refractivity contribution is 5.98. The van der Waals surface area contributed by atoms with Crippen LogP contribution in [-0.2, 0) is 6.42 Å². The zero-order valence-corrected chi connectivity index (χ0v) is 20.5. The Hall–Kier alpha value is -4.04. The Kier molecular flexibility index (Phi) is 6.77. The maximum Gasteiger partial charge on any atom is 0.170 e. The molecule has 0 N–H and O–H groups in total. The number of anilines is 1. The van der Waals surface area contributed by atoms with Crippen molar-refractivity contribution in [1.29, 1.82) is 0 Å². The molecular formula is C28H28N6O2. The number of rotatable bonds is 7. The molecule has 1 saturated heterocycles. The van der Waals surface area contributed by atoms with Crippen LogP contribution in [0.3, 0.4) is 0 Å². The number of nitrogens with zero attached hydrogens (tertiary/aromatic N) is 6. The summed E-state index contributed by atoms with van der Waals surface area (Å²) < 4.78 is 0. The number of Topliss-reactive ketones (excluding diaryl/α,β-unsaturated/α-hetero) is 2. The van der Waals surface area contributed by atoms with Crippen LogP contribution in [0, 0.1) is 0 Å². The van der Waals surface area contributed by atoms with Crippen LogP contribution in [0.4, 0.5) is 5.82 Å². The van der Waals surface area contributed by atoms with E-state index in [1.807, 2.05) is 37.3 Å². The minimum absolute atomic E-state index is 0.0433. The summed E-state index contributed by atoms with van der Waals surface area (Å²) in [7, 11) is 2.11. The average Bonchev–Trinajstić information content (AvgIpc) is 2.92.